The number of aromatic nitrogens is 2. The Morgan fingerprint density at radius 2 is 1.32 bits per heavy atom. The lowest BCUT2D eigenvalue weighted by atomic mass is 10.1. The number of nitrogen functional groups attached to an aromatic ring is 1. The van der Waals surface area contributed by atoms with E-state index in [2.05, 4.69) is 25.5 Å². The van der Waals surface area contributed by atoms with Crippen LogP contribution in [0.1, 0.15) is 0 Å². The van der Waals surface area contributed by atoms with Crippen LogP contribution < -0.4 is 11.1 Å². The predicted octanol–water partition coefficient (Wildman–Crippen LogP) is 5.64. The molecule has 1 heterocycles. The minimum atomic E-state index is -5.17. The third kappa shape index (κ3) is 6.54. The SMILES string of the molecule is Nc1c(S(=O)(=O)O)cc(S(=O)(=O)O)c2ccc(N=Nc3c(O)cc(S(=O)(=O)O)c4cc(Nc5nc(Cl)nc(Cl)c5Cl)ccc34)c(O)c12. The molecule has 0 aliphatic rings. The van der Waals surface area contributed by atoms with Crippen molar-refractivity contribution < 1.29 is 49.1 Å². The number of nitrogens with two attached hydrogens (primary N) is 1. The maximum Gasteiger partial charge on any atom is 0.296 e. The molecule has 0 unspecified atom stereocenters. The molecule has 0 aliphatic heterocycles. The summed E-state index contributed by atoms with van der Waals surface area (Å²) in [6.45, 7) is 0. The van der Waals surface area contributed by atoms with Gasteiger partial charge in [-0.3, -0.25) is 13.7 Å². The summed E-state index contributed by atoms with van der Waals surface area (Å²) in [6.07, 6.45) is 0. The van der Waals surface area contributed by atoms with Gasteiger partial charge in [0.1, 0.15) is 36.8 Å². The minimum Gasteiger partial charge on any atom is -0.506 e. The lowest BCUT2D eigenvalue weighted by Crippen LogP contribution is -2.08. The molecule has 0 spiro atoms. The minimum absolute atomic E-state index is 0.0662. The molecule has 0 bridgehead atoms. The molecule has 0 saturated carbocycles. The van der Waals surface area contributed by atoms with Gasteiger partial charge in [0.15, 0.2) is 16.7 Å². The molecule has 4 aromatic carbocycles. The van der Waals surface area contributed by atoms with Gasteiger partial charge in [-0.15, -0.1) is 10.2 Å². The number of benzene rings is 4. The van der Waals surface area contributed by atoms with E-state index in [0.717, 1.165) is 12.1 Å². The first-order valence-electron chi connectivity index (χ1n) is 12.1. The van der Waals surface area contributed by atoms with E-state index in [9.17, 15) is 49.1 Å². The zero-order valence-electron chi connectivity index (χ0n) is 22.5. The number of aromatic hydroxyl groups is 2. The fourth-order valence-corrected chi connectivity index (χ4v) is 7.10. The van der Waals surface area contributed by atoms with Gasteiger partial charge in [-0.25, -0.2) is 4.98 Å². The Bertz CT molecular complexity index is 2550. The van der Waals surface area contributed by atoms with E-state index in [1.807, 2.05) is 0 Å². The topological polar surface area (TPSA) is 292 Å². The normalized spacial score (nSPS) is 12.7. The van der Waals surface area contributed by atoms with E-state index in [1.54, 1.807) is 0 Å². The van der Waals surface area contributed by atoms with Crippen molar-refractivity contribution in [3.63, 3.8) is 0 Å². The number of rotatable bonds is 7. The number of azo groups is 1. The monoisotopic (exact) mass is 764 g/mol. The Labute approximate surface area is 278 Å². The average molecular weight is 766 g/mol. The number of hydrogen-bond acceptors (Lipinski definition) is 14. The zero-order valence-corrected chi connectivity index (χ0v) is 27.2. The van der Waals surface area contributed by atoms with Crippen LogP contribution in [0.15, 0.2) is 67.4 Å². The number of hydrogen-bond donors (Lipinski definition) is 7. The van der Waals surface area contributed by atoms with Gasteiger partial charge in [0.25, 0.3) is 30.4 Å². The van der Waals surface area contributed by atoms with E-state index < -0.39 is 84.4 Å². The number of anilines is 3. The zero-order chi connectivity index (χ0) is 34.8. The Balaban J connectivity index is 1.71. The van der Waals surface area contributed by atoms with Crippen LogP contribution in [0.4, 0.5) is 28.6 Å². The van der Waals surface area contributed by atoms with Crippen molar-refractivity contribution in [1.29, 1.82) is 0 Å². The van der Waals surface area contributed by atoms with Gasteiger partial charge in [-0.05, 0) is 41.9 Å². The van der Waals surface area contributed by atoms with Gasteiger partial charge < -0.3 is 21.3 Å². The van der Waals surface area contributed by atoms with E-state index in [1.165, 1.54) is 18.2 Å². The summed E-state index contributed by atoms with van der Waals surface area (Å²) in [5.74, 6) is -1.83. The molecule has 0 saturated heterocycles. The number of fused-ring (bicyclic) bond motifs is 2. The predicted molar refractivity (Wildman–Crippen MR) is 170 cm³/mol. The van der Waals surface area contributed by atoms with Gasteiger partial charge in [-0.2, -0.15) is 30.2 Å². The second-order valence-corrected chi connectivity index (χ2v) is 14.6. The lowest BCUT2D eigenvalue weighted by molar-refractivity contribution is 0.468. The summed E-state index contributed by atoms with van der Waals surface area (Å²) in [6, 6.07) is 6.87. The van der Waals surface area contributed by atoms with Crippen molar-refractivity contribution in [3.05, 3.63) is 57.9 Å². The molecule has 246 valence electrons. The first kappa shape index (κ1) is 34.2. The van der Waals surface area contributed by atoms with Crippen LogP contribution in [0.3, 0.4) is 0 Å². The summed E-state index contributed by atoms with van der Waals surface area (Å²) in [4.78, 5) is 4.66. The third-order valence-electron chi connectivity index (χ3n) is 6.41. The van der Waals surface area contributed by atoms with Crippen LogP contribution in [-0.4, -0.2) is 59.1 Å². The fraction of sp³-hybridized carbons (Fsp3) is 0. The van der Waals surface area contributed by atoms with Crippen molar-refractivity contribution in [2.45, 2.75) is 14.7 Å². The highest BCUT2D eigenvalue weighted by Crippen LogP contribution is 2.46. The molecule has 0 radical (unpaired) electrons. The molecule has 17 nitrogen and oxygen atoms in total. The van der Waals surface area contributed by atoms with E-state index in [-0.39, 0.29) is 37.7 Å². The van der Waals surface area contributed by atoms with Crippen LogP contribution in [0.25, 0.3) is 21.5 Å². The van der Waals surface area contributed by atoms with E-state index >= 15 is 0 Å². The Morgan fingerprint density at radius 1 is 0.723 bits per heavy atom. The lowest BCUT2D eigenvalue weighted by Gasteiger charge is -2.13. The largest absolute Gasteiger partial charge is 0.506 e. The number of phenolic OH excluding ortho intramolecular Hbond substituents is 2. The standard InChI is InChI=1S/C24H15Cl3N6O11S3/c25-18-22(26)30-24(27)31-23(18)29-8-1-2-9-11(5-8)14(45(36,37)38)6-13(34)20(9)33-32-12-4-3-10-15(46(39,40)41)7-16(47(42,43)44)19(28)17(10)21(12)35/h1-7,34-35H,28H2,(H,29,30,31)(H,36,37,38)(H,39,40,41)(H,42,43,44). The van der Waals surface area contributed by atoms with Gasteiger partial charge in [0.05, 0.1) is 11.1 Å². The van der Waals surface area contributed by atoms with Crippen molar-refractivity contribution in [1.82, 2.24) is 9.97 Å². The number of nitrogens with zero attached hydrogens (tertiary/aromatic N) is 4. The first-order valence-corrected chi connectivity index (χ1v) is 17.5. The second kappa shape index (κ2) is 11.8. The molecule has 0 amide bonds. The van der Waals surface area contributed by atoms with Crippen molar-refractivity contribution in [2.75, 3.05) is 11.1 Å². The molecule has 5 rings (SSSR count). The molecule has 0 atom stereocenters. The fourth-order valence-electron chi connectivity index (χ4n) is 4.44. The molecule has 0 aliphatic carbocycles. The molecule has 0 fully saturated rings. The van der Waals surface area contributed by atoms with Crippen LogP contribution >= 0.6 is 34.8 Å². The Morgan fingerprint density at radius 3 is 1.94 bits per heavy atom. The number of phenols is 2. The highest BCUT2D eigenvalue weighted by Gasteiger charge is 2.27. The molecular formula is C24H15Cl3N6O11S3. The molecule has 1 aromatic heterocycles. The third-order valence-corrected chi connectivity index (χ3v) is 9.99. The maximum absolute atomic E-state index is 12.2. The van der Waals surface area contributed by atoms with Crippen LogP contribution in [0.5, 0.6) is 11.5 Å². The van der Waals surface area contributed by atoms with Crippen molar-refractivity contribution in [3.8, 4) is 11.5 Å². The van der Waals surface area contributed by atoms with Crippen LogP contribution in [0.2, 0.25) is 15.5 Å². The van der Waals surface area contributed by atoms with Gasteiger partial charge >= 0.3 is 0 Å². The van der Waals surface area contributed by atoms with Gasteiger partial charge in [0, 0.05) is 27.9 Å². The Hall–Kier alpha value is -4.12. The summed E-state index contributed by atoms with van der Waals surface area (Å²) >= 11 is 17.9. The van der Waals surface area contributed by atoms with E-state index in [0.29, 0.717) is 12.1 Å². The molecule has 47 heavy (non-hydrogen) atoms. The smallest absolute Gasteiger partial charge is 0.296 e. The van der Waals surface area contributed by atoms with Crippen LogP contribution in [-0.2, 0) is 30.4 Å². The van der Waals surface area contributed by atoms with Gasteiger partial charge in [0.2, 0.25) is 5.28 Å². The van der Waals surface area contributed by atoms with Crippen LogP contribution in [0, 0.1) is 0 Å². The van der Waals surface area contributed by atoms with Gasteiger partial charge in [-0.1, -0.05) is 29.3 Å². The number of nitrogens with one attached hydrogen (secondary N) is 1. The second-order valence-electron chi connectivity index (χ2n) is 9.34. The first-order chi connectivity index (χ1) is 21.7. The highest BCUT2D eigenvalue weighted by atomic mass is 35.5. The summed E-state index contributed by atoms with van der Waals surface area (Å²) in [7, 11) is -15.3. The van der Waals surface area contributed by atoms with Crippen molar-refractivity contribution >= 4 is 115 Å². The van der Waals surface area contributed by atoms with Crippen molar-refractivity contribution in [2.24, 2.45) is 10.2 Å². The molecule has 23 heteroatoms. The summed E-state index contributed by atoms with van der Waals surface area (Å²) < 4.78 is 101. The molecule has 5 aromatic rings. The highest BCUT2D eigenvalue weighted by molar-refractivity contribution is 7.87. The molecular weight excluding hydrogens is 751 g/mol. The quantitative estimate of drug-likeness (QED) is 0.0347. The summed E-state index contributed by atoms with van der Waals surface area (Å²) in [5, 5.41) is 30.1. The molecule has 8 N–H and O–H groups in total. The Kier molecular flexibility index (Phi) is 8.62. The number of halogens is 3. The van der Waals surface area contributed by atoms with E-state index in [4.69, 9.17) is 40.5 Å². The average Bonchev–Trinajstić information content (AvgIpc) is 2.94. The maximum atomic E-state index is 12.2. The summed E-state index contributed by atoms with van der Waals surface area (Å²) in [5.41, 5.74) is 4.28.